The van der Waals surface area contributed by atoms with Crippen molar-refractivity contribution in [2.45, 2.75) is 18.9 Å². The van der Waals surface area contributed by atoms with E-state index in [0.717, 1.165) is 19.4 Å². The SMILES string of the molecule is Nc1nccc(NC2CCCNC2=O)n1. The Labute approximate surface area is 87.3 Å². The van der Waals surface area contributed by atoms with Gasteiger partial charge in [0, 0.05) is 12.7 Å². The van der Waals surface area contributed by atoms with Crippen LogP contribution in [0.3, 0.4) is 0 Å². The molecule has 1 aliphatic rings. The van der Waals surface area contributed by atoms with Gasteiger partial charge in [-0.1, -0.05) is 0 Å². The molecule has 80 valence electrons. The Hall–Kier alpha value is -1.85. The Balaban J connectivity index is 2.04. The molecule has 6 nitrogen and oxygen atoms in total. The Morgan fingerprint density at radius 1 is 1.60 bits per heavy atom. The molecule has 6 heteroatoms. The van der Waals surface area contributed by atoms with E-state index in [1.807, 2.05) is 0 Å². The Morgan fingerprint density at radius 2 is 2.47 bits per heavy atom. The Bertz CT molecular complexity index is 367. The fourth-order valence-electron chi connectivity index (χ4n) is 1.54. The van der Waals surface area contributed by atoms with Crippen LogP contribution in [-0.2, 0) is 4.79 Å². The lowest BCUT2D eigenvalue weighted by Crippen LogP contribution is -2.44. The van der Waals surface area contributed by atoms with Gasteiger partial charge in [-0.25, -0.2) is 4.98 Å². The number of hydrogen-bond donors (Lipinski definition) is 3. The number of hydrogen-bond acceptors (Lipinski definition) is 5. The zero-order valence-electron chi connectivity index (χ0n) is 8.23. The van der Waals surface area contributed by atoms with Crippen molar-refractivity contribution >= 4 is 17.7 Å². The van der Waals surface area contributed by atoms with Crippen molar-refractivity contribution in [2.75, 3.05) is 17.6 Å². The minimum atomic E-state index is -0.215. The number of carbonyl (C=O) groups is 1. The monoisotopic (exact) mass is 207 g/mol. The second-order valence-electron chi connectivity index (χ2n) is 3.43. The van der Waals surface area contributed by atoms with Gasteiger partial charge in [-0.2, -0.15) is 4.98 Å². The van der Waals surface area contributed by atoms with E-state index in [-0.39, 0.29) is 17.9 Å². The van der Waals surface area contributed by atoms with Crippen LogP contribution >= 0.6 is 0 Å². The van der Waals surface area contributed by atoms with Crippen LogP contribution in [0.4, 0.5) is 11.8 Å². The maximum Gasteiger partial charge on any atom is 0.242 e. The van der Waals surface area contributed by atoms with Crippen LogP contribution in [0.15, 0.2) is 12.3 Å². The lowest BCUT2D eigenvalue weighted by molar-refractivity contribution is -0.123. The lowest BCUT2D eigenvalue weighted by atomic mass is 10.1. The van der Waals surface area contributed by atoms with Crippen molar-refractivity contribution in [3.05, 3.63) is 12.3 Å². The predicted octanol–water partition coefficient (Wildman–Crippen LogP) is -0.251. The molecule has 0 bridgehead atoms. The van der Waals surface area contributed by atoms with Gasteiger partial charge >= 0.3 is 0 Å². The lowest BCUT2D eigenvalue weighted by Gasteiger charge is -2.23. The number of piperidine rings is 1. The minimum absolute atomic E-state index is 0.0124. The number of nitrogen functional groups attached to an aromatic ring is 1. The third-order valence-electron chi connectivity index (χ3n) is 2.28. The molecule has 1 amide bonds. The van der Waals surface area contributed by atoms with Crippen LogP contribution < -0.4 is 16.4 Å². The van der Waals surface area contributed by atoms with Gasteiger partial charge in [-0.3, -0.25) is 4.79 Å². The van der Waals surface area contributed by atoms with Gasteiger partial charge in [-0.05, 0) is 18.9 Å². The molecule has 1 aromatic rings. The van der Waals surface area contributed by atoms with Crippen molar-refractivity contribution in [1.29, 1.82) is 0 Å². The van der Waals surface area contributed by atoms with E-state index in [1.165, 1.54) is 0 Å². The molecule has 0 radical (unpaired) electrons. The molecule has 1 aromatic heterocycles. The van der Waals surface area contributed by atoms with Crippen molar-refractivity contribution in [3.63, 3.8) is 0 Å². The zero-order chi connectivity index (χ0) is 10.7. The molecule has 0 aromatic carbocycles. The number of anilines is 2. The van der Waals surface area contributed by atoms with Gasteiger partial charge in [0.2, 0.25) is 11.9 Å². The van der Waals surface area contributed by atoms with Crippen LogP contribution in [0.5, 0.6) is 0 Å². The normalized spacial score (nSPS) is 20.8. The summed E-state index contributed by atoms with van der Waals surface area (Å²) in [6.45, 7) is 0.753. The molecule has 1 unspecified atom stereocenters. The molecule has 2 rings (SSSR count). The van der Waals surface area contributed by atoms with Gasteiger partial charge in [0.15, 0.2) is 0 Å². The topological polar surface area (TPSA) is 92.9 Å². The molecule has 1 aliphatic heterocycles. The molecule has 1 saturated heterocycles. The van der Waals surface area contributed by atoms with E-state index in [9.17, 15) is 4.79 Å². The number of carbonyl (C=O) groups excluding carboxylic acids is 1. The molecular formula is C9H13N5O. The summed E-state index contributed by atoms with van der Waals surface area (Å²) >= 11 is 0. The van der Waals surface area contributed by atoms with E-state index >= 15 is 0 Å². The number of nitrogens with one attached hydrogen (secondary N) is 2. The maximum atomic E-state index is 11.4. The summed E-state index contributed by atoms with van der Waals surface area (Å²) in [5.41, 5.74) is 5.44. The molecule has 0 aliphatic carbocycles. The van der Waals surface area contributed by atoms with Crippen molar-refractivity contribution < 1.29 is 4.79 Å². The number of aromatic nitrogens is 2. The molecule has 1 atom stereocenters. The van der Waals surface area contributed by atoms with Crippen molar-refractivity contribution in [2.24, 2.45) is 0 Å². The zero-order valence-corrected chi connectivity index (χ0v) is 8.23. The first-order valence-electron chi connectivity index (χ1n) is 4.88. The third kappa shape index (κ3) is 2.34. The fourth-order valence-corrected chi connectivity index (χ4v) is 1.54. The second-order valence-corrected chi connectivity index (χ2v) is 3.43. The molecule has 0 spiro atoms. The number of nitrogens with two attached hydrogens (primary N) is 1. The van der Waals surface area contributed by atoms with E-state index in [4.69, 9.17) is 5.73 Å². The van der Waals surface area contributed by atoms with Crippen LogP contribution in [-0.4, -0.2) is 28.5 Å². The summed E-state index contributed by atoms with van der Waals surface area (Å²) in [5, 5.41) is 5.82. The van der Waals surface area contributed by atoms with Gasteiger partial charge < -0.3 is 16.4 Å². The maximum absolute atomic E-state index is 11.4. The summed E-state index contributed by atoms with van der Waals surface area (Å²) in [6, 6.07) is 1.48. The fraction of sp³-hybridized carbons (Fsp3) is 0.444. The molecule has 15 heavy (non-hydrogen) atoms. The summed E-state index contributed by atoms with van der Waals surface area (Å²) in [6.07, 6.45) is 3.35. The number of rotatable bonds is 2. The quantitative estimate of drug-likeness (QED) is 0.621. The second kappa shape index (κ2) is 4.12. The Morgan fingerprint density at radius 3 is 3.20 bits per heavy atom. The summed E-state index contributed by atoms with van der Waals surface area (Å²) < 4.78 is 0. The van der Waals surface area contributed by atoms with Crippen LogP contribution in [0.2, 0.25) is 0 Å². The molecule has 4 N–H and O–H groups in total. The van der Waals surface area contributed by atoms with Gasteiger partial charge in [-0.15, -0.1) is 0 Å². The molecule has 2 heterocycles. The predicted molar refractivity (Wildman–Crippen MR) is 56.1 cm³/mol. The highest BCUT2D eigenvalue weighted by Crippen LogP contribution is 2.10. The molecule has 1 fully saturated rings. The highest BCUT2D eigenvalue weighted by atomic mass is 16.2. The van der Waals surface area contributed by atoms with Gasteiger partial charge in [0.1, 0.15) is 11.9 Å². The van der Waals surface area contributed by atoms with Crippen LogP contribution in [0.1, 0.15) is 12.8 Å². The average molecular weight is 207 g/mol. The van der Waals surface area contributed by atoms with Gasteiger partial charge in [0.05, 0.1) is 0 Å². The van der Waals surface area contributed by atoms with Crippen LogP contribution in [0.25, 0.3) is 0 Å². The largest absolute Gasteiger partial charge is 0.368 e. The van der Waals surface area contributed by atoms with Crippen molar-refractivity contribution in [1.82, 2.24) is 15.3 Å². The standard InChI is InChI=1S/C9H13N5O/c10-9-12-5-3-7(14-9)13-6-2-1-4-11-8(6)15/h3,5-6H,1-2,4H2,(H,11,15)(H3,10,12,13,14). The van der Waals surface area contributed by atoms with Gasteiger partial charge in [0.25, 0.3) is 0 Å². The minimum Gasteiger partial charge on any atom is -0.368 e. The smallest absolute Gasteiger partial charge is 0.242 e. The summed E-state index contributed by atoms with van der Waals surface area (Å²) in [7, 11) is 0. The highest BCUT2D eigenvalue weighted by molar-refractivity contribution is 5.84. The van der Waals surface area contributed by atoms with E-state index in [0.29, 0.717) is 5.82 Å². The molecule has 0 saturated carbocycles. The van der Waals surface area contributed by atoms with E-state index in [1.54, 1.807) is 12.3 Å². The first-order valence-corrected chi connectivity index (χ1v) is 4.88. The number of amides is 1. The van der Waals surface area contributed by atoms with Crippen LogP contribution in [0, 0.1) is 0 Å². The third-order valence-corrected chi connectivity index (χ3v) is 2.28. The average Bonchev–Trinajstić information content (AvgIpc) is 2.22. The van der Waals surface area contributed by atoms with E-state index in [2.05, 4.69) is 20.6 Å². The van der Waals surface area contributed by atoms with E-state index < -0.39 is 0 Å². The summed E-state index contributed by atoms with van der Waals surface area (Å²) in [5.74, 6) is 0.805. The summed E-state index contributed by atoms with van der Waals surface area (Å²) in [4.78, 5) is 19.2. The Kier molecular flexibility index (Phi) is 2.66. The first-order chi connectivity index (χ1) is 7.25. The first kappa shape index (κ1) is 9.70. The number of nitrogens with zero attached hydrogens (tertiary/aromatic N) is 2. The molecular weight excluding hydrogens is 194 g/mol. The highest BCUT2D eigenvalue weighted by Gasteiger charge is 2.21. The van der Waals surface area contributed by atoms with Crippen molar-refractivity contribution in [3.8, 4) is 0 Å².